The van der Waals surface area contributed by atoms with Crippen LogP contribution in [0.5, 0.6) is 0 Å². The van der Waals surface area contributed by atoms with Gasteiger partial charge in [-0.1, -0.05) is 31.5 Å². The molecule has 1 aliphatic heterocycles. The Balaban J connectivity index is 2.43. The molecule has 1 aliphatic rings. The molecule has 0 fully saturated rings. The Morgan fingerprint density at radius 2 is 2.12 bits per heavy atom. The summed E-state index contributed by atoms with van der Waals surface area (Å²) in [5, 5.41) is 4.33. The molecule has 0 aromatic heterocycles. The van der Waals surface area contributed by atoms with Crippen LogP contribution in [0.3, 0.4) is 0 Å². The van der Waals surface area contributed by atoms with Crippen LogP contribution in [-0.2, 0) is 0 Å². The van der Waals surface area contributed by atoms with Gasteiger partial charge in [-0.2, -0.15) is 0 Å². The predicted octanol–water partition coefficient (Wildman–Crippen LogP) is 3.84. The molecule has 1 N–H and O–H groups in total. The molecule has 2 rings (SSSR count). The van der Waals surface area contributed by atoms with Crippen LogP contribution >= 0.6 is 11.8 Å². The van der Waals surface area contributed by atoms with Crippen LogP contribution in [0.25, 0.3) is 0 Å². The molecule has 0 saturated carbocycles. The summed E-state index contributed by atoms with van der Waals surface area (Å²) in [6.45, 7) is 10.00. The standard InChI is InChI=1S/C14H21NS/c1-5-15-13-8-11(4)16-14-10(3)6-9(2)7-12(13)14/h6-7,11,13,15H,5,8H2,1-4H3. The van der Waals surface area contributed by atoms with E-state index in [-0.39, 0.29) is 0 Å². The molecular weight excluding hydrogens is 214 g/mol. The Labute approximate surface area is 103 Å². The van der Waals surface area contributed by atoms with Crippen molar-refractivity contribution in [3.8, 4) is 0 Å². The maximum absolute atomic E-state index is 3.61. The fourth-order valence-corrected chi connectivity index (χ4v) is 3.83. The second-order valence-electron chi connectivity index (χ2n) is 4.77. The van der Waals surface area contributed by atoms with Crippen LogP contribution in [0.2, 0.25) is 0 Å². The van der Waals surface area contributed by atoms with E-state index in [4.69, 9.17) is 0 Å². The molecule has 2 unspecified atom stereocenters. The maximum Gasteiger partial charge on any atom is 0.0341 e. The zero-order valence-corrected chi connectivity index (χ0v) is 11.4. The van der Waals surface area contributed by atoms with Crippen molar-refractivity contribution in [3.63, 3.8) is 0 Å². The smallest absolute Gasteiger partial charge is 0.0341 e. The third-order valence-corrected chi connectivity index (χ3v) is 4.55. The second kappa shape index (κ2) is 4.80. The summed E-state index contributed by atoms with van der Waals surface area (Å²) in [5.74, 6) is 0. The summed E-state index contributed by atoms with van der Waals surface area (Å²) in [4.78, 5) is 1.51. The van der Waals surface area contributed by atoms with Gasteiger partial charge in [-0.15, -0.1) is 11.8 Å². The Morgan fingerprint density at radius 1 is 1.38 bits per heavy atom. The topological polar surface area (TPSA) is 12.0 Å². The monoisotopic (exact) mass is 235 g/mol. The van der Waals surface area contributed by atoms with Crippen molar-refractivity contribution in [2.24, 2.45) is 0 Å². The van der Waals surface area contributed by atoms with Crippen LogP contribution in [0.15, 0.2) is 17.0 Å². The van der Waals surface area contributed by atoms with Crippen molar-refractivity contribution in [1.82, 2.24) is 5.32 Å². The van der Waals surface area contributed by atoms with Crippen molar-refractivity contribution in [1.29, 1.82) is 0 Å². The maximum atomic E-state index is 3.61. The van der Waals surface area contributed by atoms with Gasteiger partial charge in [0.2, 0.25) is 0 Å². The number of benzene rings is 1. The molecule has 0 radical (unpaired) electrons. The molecule has 1 aromatic rings. The lowest BCUT2D eigenvalue weighted by Crippen LogP contribution is -2.27. The molecule has 16 heavy (non-hydrogen) atoms. The van der Waals surface area contributed by atoms with E-state index in [9.17, 15) is 0 Å². The van der Waals surface area contributed by atoms with Crippen LogP contribution in [0, 0.1) is 13.8 Å². The Kier molecular flexibility index (Phi) is 3.60. The van der Waals surface area contributed by atoms with E-state index < -0.39 is 0 Å². The highest BCUT2D eigenvalue weighted by atomic mass is 32.2. The first-order valence-electron chi connectivity index (χ1n) is 6.13. The van der Waals surface area contributed by atoms with Crippen molar-refractivity contribution in [2.45, 2.75) is 50.3 Å². The Bertz CT molecular complexity index is 387. The third kappa shape index (κ3) is 2.28. The number of fused-ring (bicyclic) bond motifs is 1. The lowest BCUT2D eigenvalue weighted by Gasteiger charge is -2.31. The van der Waals surface area contributed by atoms with Gasteiger partial charge >= 0.3 is 0 Å². The van der Waals surface area contributed by atoms with Gasteiger partial charge in [0, 0.05) is 16.2 Å². The molecule has 1 aromatic carbocycles. The van der Waals surface area contributed by atoms with Crippen molar-refractivity contribution >= 4 is 11.8 Å². The number of aryl methyl sites for hydroxylation is 2. The molecule has 0 bridgehead atoms. The van der Waals surface area contributed by atoms with Gasteiger partial charge < -0.3 is 5.32 Å². The summed E-state index contributed by atoms with van der Waals surface area (Å²) in [5.41, 5.74) is 4.34. The van der Waals surface area contributed by atoms with Gasteiger partial charge in [-0.05, 0) is 37.9 Å². The highest BCUT2D eigenvalue weighted by Crippen LogP contribution is 2.42. The number of thioether (sulfide) groups is 1. The third-order valence-electron chi connectivity index (χ3n) is 3.16. The van der Waals surface area contributed by atoms with Crippen LogP contribution in [-0.4, -0.2) is 11.8 Å². The summed E-state index contributed by atoms with van der Waals surface area (Å²) >= 11 is 2.04. The van der Waals surface area contributed by atoms with Crippen LogP contribution in [0.4, 0.5) is 0 Å². The number of hydrogen-bond acceptors (Lipinski definition) is 2. The van der Waals surface area contributed by atoms with Gasteiger partial charge in [0.1, 0.15) is 0 Å². The van der Waals surface area contributed by atoms with Crippen LogP contribution < -0.4 is 5.32 Å². The van der Waals surface area contributed by atoms with Crippen LogP contribution in [0.1, 0.15) is 43.0 Å². The van der Waals surface area contributed by atoms with E-state index in [0.717, 1.165) is 11.8 Å². The summed E-state index contributed by atoms with van der Waals surface area (Å²) in [6.07, 6.45) is 1.24. The van der Waals surface area contributed by atoms with Gasteiger partial charge in [0.25, 0.3) is 0 Å². The number of hydrogen-bond donors (Lipinski definition) is 1. The van der Waals surface area contributed by atoms with E-state index in [1.165, 1.54) is 28.0 Å². The SMILES string of the molecule is CCNC1CC(C)Sc2c(C)cc(C)cc21. The minimum atomic E-state index is 0.551. The summed E-state index contributed by atoms with van der Waals surface area (Å²) < 4.78 is 0. The quantitative estimate of drug-likeness (QED) is 0.836. The first-order chi connectivity index (χ1) is 7.61. The normalized spacial score (nSPS) is 24.2. The Morgan fingerprint density at radius 3 is 2.81 bits per heavy atom. The lowest BCUT2D eigenvalue weighted by atomic mass is 9.97. The van der Waals surface area contributed by atoms with Gasteiger partial charge in [-0.25, -0.2) is 0 Å². The zero-order valence-electron chi connectivity index (χ0n) is 10.6. The molecule has 0 amide bonds. The first-order valence-corrected chi connectivity index (χ1v) is 7.01. The molecule has 0 saturated heterocycles. The lowest BCUT2D eigenvalue weighted by molar-refractivity contribution is 0.499. The van der Waals surface area contributed by atoms with Crippen molar-refractivity contribution < 1.29 is 0 Å². The predicted molar refractivity (Wildman–Crippen MR) is 72.3 cm³/mol. The van der Waals surface area contributed by atoms with Crippen molar-refractivity contribution in [2.75, 3.05) is 6.54 Å². The number of nitrogens with one attached hydrogen (secondary N) is 1. The van der Waals surface area contributed by atoms with Gasteiger partial charge in [0.05, 0.1) is 0 Å². The summed E-state index contributed by atoms with van der Waals surface area (Å²) in [6, 6.07) is 5.20. The largest absolute Gasteiger partial charge is 0.310 e. The van der Waals surface area contributed by atoms with E-state index in [1.807, 2.05) is 11.8 Å². The highest BCUT2D eigenvalue weighted by molar-refractivity contribution is 8.00. The second-order valence-corrected chi connectivity index (χ2v) is 6.22. The van der Waals surface area contributed by atoms with E-state index in [0.29, 0.717) is 6.04 Å². The molecule has 1 nitrogen and oxygen atoms in total. The minimum absolute atomic E-state index is 0.551. The zero-order chi connectivity index (χ0) is 11.7. The molecular formula is C14H21NS. The highest BCUT2D eigenvalue weighted by Gasteiger charge is 2.25. The summed E-state index contributed by atoms with van der Waals surface area (Å²) in [7, 11) is 0. The average molecular weight is 235 g/mol. The minimum Gasteiger partial charge on any atom is -0.310 e. The van der Waals surface area contributed by atoms with Gasteiger partial charge in [-0.3, -0.25) is 0 Å². The molecule has 2 heteroatoms. The number of rotatable bonds is 2. The fraction of sp³-hybridized carbons (Fsp3) is 0.571. The molecule has 88 valence electrons. The Hall–Kier alpha value is -0.470. The van der Waals surface area contributed by atoms with E-state index in [1.54, 1.807) is 0 Å². The van der Waals surface area contributed by atoms with E-state index >= 15 is 0 Å². The van der Waals surface area contributed by atoms with Gasteiger partial charge in [0.15, 0.2) is 0 Å². The molecule has 1 heterocycles. The fourth-order valence-electron chi connectivity index (χ4n) is 2.55. The first kappa shape index (κ1) is 12.0. The van der Waals surface area contributed by atoms with Crippen molar-refractivity contribution in [3.05, 3.63) is 28.8 Å². The van der Waals surface area contributed by atoms with E-state index in [2.05, 4.69) is 45.1 Å². The molecule has 0 spiro atoms. The molecule has 0 aliphatic carbocycles. The average Bonchev–Trinajstić information content (AvgIpc) is 2.20. The molecule has 2 atom stereocenters.